The summed E-state index contributed by atoms with van der Waals surface area (Å²) >= 11 is 0. The molecule has 0 bridgehead atoms. The first-order chi connectivity index (χ1) is 15.9. The number of hydrogen-bond donors (Lipinski definition) is 1. The van der Waals surface area contributed by atoms with Gasteiger partial charge in [0.05, 0.1) is 11.0 Å². The Morgan fingerprint density at radius 1 is 1.03 bits per heavy atom. The molecule has 2 aromatic rings. The van der Waals surface area contributed by atoms with Crippen molar-refractivity contribution in [3.63, 3.8) is 0 Å². The molecule has 0 aromatic heterocycles. The monoisotopic (exact) mass is 454 g/mol. The van der Waals surface area contributed by atoms with Crippen LogP contribution >= 0.6 is 0 Å². The summed E-state index contributed by atoms with van der Waals surface area (Å²) in [5.41, 5.74) is -0.308. The number of halogens is 2. The minimum absolute atomic E-state index is 0.0301. The summed E-state index contributed by atoms with van der Waals surface area (Å²) in [5, 5.41) is 3.18. The van der Waals surface area contributed by atoms with Crippen molar-refractivity contribution in [2.75, 3.05) is 26.3 Å². The summed E-state index contributed by atoms with van der Waals surface area (Å²) in [6.45, 7) is 1.52. The van der Waals surface area contributed by atoms with Gasteiger partial charge < -0.3 is 15.0 Å². The first-order valence-electron chi connectivity index (χ1n) is 11.6. The summed E-state index contributed by atoms with van der Waals surface area (Å²) in [7, 11) is 0. The Labute approximate surface area is 192 Å². The maximum absolute atomic E-state index is 14.9. The van der Waals surface area contributed by atoms with Crippen LogP contribution in [-0.4, -0.2) is 48.6 Å². The van der Waals surface area contributed by atoms with Gasteiger partial charge in [-0.3, -0.25) is 9.59 Å². The molecule has 0 aliphatic carbocycles. The third-order valence-electron chi connectivity index (χ3n) is 7.66. The zero-order valence-electron chi connectivity index (χ0n) is 18.5. The number of carbonyl (C=O) groups is 2. The topological polar surface area (TPSA) is 58.6 Å². The molecule has 0 radical (unpaired) electrons. The lowest BCUT2D eigenvalue weighted by Gasteiger charge is -2.41. The molecule has 2 amide bonds. The van der Waals surface area contributed by atoms with Gasteiger partial charge in [0.25, 0.3) is 0 Å². The Morgan fingerprint density at radius 3 is 2.45 bits per heavy atom. The zero-order valence-corrected chi connectivity index (χ0v) is 18.5. The van der Waals surface area contributed by atoms with E-state index >= 15 is 0 Å². The molecule has 2 atom stereocenters. The normalized spacial score (nSPS) is 26.9. The fraction of sp³-hybridized carbons (Fsp3) is 0.462. The largest absolute Gasteiger partial charge is 0.381 e. The predicted molar refractivity (Wildman–Crippen MR) is 119 cm³/mol. The third kappa shape index (κ3) is 3.82. The molecule has 3 aliphatic rings. The molecule has 3 aliphatic heterocycles. The van der Waals surface area contributed by atoms with Crippen molar-refractivity contribution in [2.45, 2.75) is 49.0 Å². The molecular weight excluding hydrogens is 426 g/mol. The van der Waals surface area contributed by atoms with Gasteiger partial charge in [-0.05, 0) is 49.4 Å². The molecule has 1 N–H and O–H groups in total. The SMILES string of the molecule is O=C1CCC[C@]2(CN(C(=O)C3(c4ccccc4F)CCOCC3)C[C@H]2c2ccc(F)cc2)N1. The van der Waals surface area contributed by atoms with Crippen LogP contribution in [0.2, 0.25) is 0 Å². The Kier molecular flexibility index (Phi) is 5.69. The second-order valence-electron chi connectivity index (χ2n) is 9.52. The lowest BCUT2D eigenvalue weighted by atomic mass is 9.72. The quantitative estimate of drug-likeness (QED) is 0.770. The molecular formula is C26H28F2N2O3. The van der Waals surface area contributed by atoms with Gasteiger partial charge in [0.15, 0.2) is 0 Å². The van der Waals surface area contributed by atoms with E-state index in [1.54, 1.807) is 35.2 Å². The highest BCUT2D eigenvalue weighted by molar-refractivity contribution is 5.89. The van der Waals surface area contributed by atoms with Gasteiger partial charge in [-0.25, -0.2) is 8.78 Å². The first kappa shape index (κ1) is 22.0. The standard InChI is InChI=1S/C26H28F2N2O3/c27-19-9-7-18(8-10-19)21-16-30(17-26(21)11-3-6-23(31)29-26)24(32)25(12-14-33-15-13-25)20-4-1-2-5-22(20)28/h1-2,4-5,7-10,21H,3,6,11-17H2,(H,29,31)/t21-,26+/m0/s1. The Balaban J connectivity index is 1.53. The second-order valence-corrected chi connectivity index (χ2v) is 9.52. The third-order valence-corrected chi connectivity index (χ3v) is 7.66. The van der Waals surface area contributed by atoms with Gasteiger partial charge in [0, 0.05) is 44.2 Å². The fourth-order valence-electron chi connectivity index (χ4n) is 6.00. The van der Waals surface area contributed by atoms with Crippen LogP contribution in [0.5, 0.6) is 0 Å². The molecule has 7 heteroatoms. The number of carbonyl (C=O) groups excluding carboxylic acids is 2. The summed E-state index contributed by atoms with van der Waals surface area (Å²) < 4.78 is 34.1. The van der Waals surface area contributed by atoms with Gasteiger partial charge in [-0.2, -0.15) is 0 Å². The van der Waals surface area contributed by atoms with E-state index in [0.29, 0.717) is 51.1 Å². The van der Waals surface area contributed by atoms with Crippen LogP contribution < -0.4 is 5.32 Å². The predicted octanol–water partition coefficient (Wildman–Crippen LogP) is 3.68. The van der Waals surface area contributed by atoms with Crippen molar-refractivity contribution in [1.29, 1.82) is 0 Å². The highest BCUT2D eigenvalue weighted by Gasteiger charge is 2.54. The highest BCUT2D eigenvalue weighted by Crippen LogP contribution is 2.45. The number of nitrogens with zero attached hydrogens (tertiary/aromatic N) is 1. The van der Waals surface area contributed by atoms with E-state index in [0.717, 1.165) is 18.4 Å². The summed E-state index contributed by atoms with van der Waals surface area (Å²) in [6, 6.07) is 12.8. The zero-order chi connectivity index (χ0) is 23.1. The minimum Gasteiger partial charge on any atom is -0.381 e. The Morgan fingerprint density at radius 2 is 1.76 bits per heavy atom. The number of piperidine rings is 1. The smallest absolute Gasteiger partial charge is 0.233 e. The average molecular weight is 455 g/mol. The maximum atomic E-state index is 14.9. The van der Waals surface area contributed by atoms with E-state index < -0.39 is 11.0 Å². The van der Waals surface area contributed by atoms with E-state index in [1.807, 2.05) is 0 Å². The maximum Gasteiger partial charge on any atom is 0.233 e. The Hall–Kier alpha value is -2.80. The van der Waals surface area contributed by atoms with E-state index in [1.165, 1.54) is 18.2 Å². The average Bonchev–Trinajstić information content (AvgIpc) is 3.17. The van der Waals surface area contributed by atoms with Gasteiger partial charge >= 0.3 is 0 Å². The molecule has 3 heterocycles. The van der Waals surface area contributed by atoms with Crippen LogP contribution in [0.3, 0.4) is 0 Å². The van der Waals surface area contributed by atoms with Crippen molar-refractivity contribution < 1.29 is 23.1 Å². The van der Waals surface area contributed by atoms with Gasteiger partial charge in [-0.15, -0.1) is 0 Å². The van der Waals surface area contributed by atoms with Crippen LogP contribution in [0.15, 0.2) is 48.5 Å². The number of likely N-dealkylation sites (tertiary alicyclic amines) is 1. The van der Waals surface area contributed by atoms with Crippen LogP contribution in [0, 0.1) is 11.6 Å². The van der Waals surface area contributed by atoms with Crippen LogP contribution in [0.4, 0.5) is 8.78 Å². The summed E-state index contributed by atoms with van der Waals surface area (Å²) in [5.74, 6) is -1.03. The van der Waals surface area contributed by atoms with Crippen molar-refractivity contribution in [3.05, 3.63) is 71.3 Å². The molecule has 5 nitrogen and oxygen atoms in total. The van der Waals surface area contributed by atoms with Crippen molar-refractivity contribution in [3.8, 4) is 0 Å². The number of nitrogens with one attached hydrogen (secondary N) is 1. The highest BCUT2D eigenvalue weighted by atomic mass is 19.1. The van der Waals surface area contributed by atoms with Crippen molar-refractivity contribution in [2.24, 2.45) is 0 Å². The van der Waals surface area contributed by atoms with Crippen molar-refractivity contribution in [1.82, 2.24) is 10.2 Å². The Bertz CT molecular complexity index is 1050. The summed E-state index contributed by atoms with van der Waals surface area (Å²) in [4.78, 5) is 28.4. The minimum atomic E-state index is -0.999. The van der Waals surface area contributed by atoms with Gasteiger partial charge in [0.2, 0.25) is 11.8 Å². The van der Waals surface area contributed by atoms with Crippen LogP contribution in [-0.2, 0) is 19.7 Å². The fourth-order valence-corrected chi connectivity index (χ4v) is 6.00. The molecule has 0 saturated carbocycles. The number of ether oxygens (including phenoxy) is 1. The van der Waals surface area contributed by atoms with Gasteiger partial charge in [-0.1, -0.05) is 30.3 Å². The number of hydrogen-bond acceptors (Lipinski definition) is 3. The van der Waals surface area contributed by atoms with E-state index in [4.69, 9.17) is 4.74 Å². The lowest BCUT2D eigenvalue weighted by Crippen LogP contribution is -2.57. The molecule has 2 aromatic carbocycles. The molecule has 33 heavy (non-hydrogen) atoms. The molecule has 174 valence electrons. The van der Waals surface area contributed by atoms with E-state index in [-0.39, 0.29) is 29.4 Å². The molecule has 3 fully saturated rings. The second kappa shape index (κ2) is 8.52. The molecule has 0 unspecified atom stereocenters. The number of benzene rings is 2. The van der Waals surface area contributed by atoms with Gasteiger partial charge in [0.1, 0.15) is 11.6 Å². The number of amides is 2. The van der Waals surface area contributed by atoms with Crippen LogP contribution in [0.25, 0.3) is 0 Å². The van der Waals surface area contributed by atoms with E-state index in [9.17, 15) is 18.4 Å². The molecule has 1 spiro atoms. The lowest BCUT2D eigenvalue weighted by molar-refractivity contribution is -0.141. The van der Waals surface area contributed by atoms with Crippen LogP contribution in [0.1, 0.15) is 49.1 Å². The van der Waals surface area contributed by atoms with E-state index in [2.05, 4.69) is 5.32 Å². The number of rotatable bonds is 3. The molecule has 3 saturated heterocycles. The first-order valence-corrected chi connectivity index (χ1v) is 11.6. The van der Waals surface area contributed by atoms with Crippen molar-refractivity contribution >= 4 is 11.8 Å². The summed E-state index contributed by atoms with van der Waals surface area (Å²) in [6.07, 6.45) is 2.74. The molecule has 5 rings (SSSR count).